The molecule has 0 unspecified atom stereocenters. The molecule has 3 N–H and O–H groups in total. The molecule has 62 valence electrons. The quantitative estimate of drug-likeness (QED) is 0.212. The van der Waals surface area contributed by atoms with E-state index in [1.807, 2.05) is 0 Å². The zero-order valence-electron chi connectivity index (χ0n) is 6.16. The van der Waals surface area contributed by atoms with Crippen molar-refractivity contribution in [2.24, 2.45) is 10.9 Å². The number of hydrogen-bond donors (Lipinski definition) is 2. The molecule has 0 atom stereocenters. The lowest BCUT2D eigenvalue weighted by molar-refractivity contribution is -0.120. The topological polar surface area (TPSA) is 78.9 Å². The van der Waals surface area contributed by atoms with Gasteiger partial charge < -0.3 is 15.8 Å². The van der Waals surface area contributed by atoms with Crippen molar-refractivity contribution >= 4 is 11.7 Å². The van der Waals surface area contributed by atoms with E-state index in [0.29, 0.717) is 25.9 Å². The molecule has 5 heteroatoms. The molecule has 0 aromatic rings. The molecule has 0 spiro atoms. The number of rotatable bonds is 0. The summed E-state index contributed by atoms with van der Waals surface area (Å²) in [6, 6.07) is 0. The molecule has 1 fully saturated rings. The maximum absolute atomic E-state index is 10.7. The number of ketones is 1. The highest BCUT2D eigenvalue weighted by atomic mass is 16.4. The van der Waals surface area contributed by atoms with Crippen molar-refractivity contribution in [3.05, 3.63) is 0 Å². The number of nitrogens with zero attached hydrogens (tertiary/aromatic N) is 2. The van der Waals surface area contributed by atoms with Crippen LogP contribution in [0.1, 0.15) is 12.8 Å². The lowest BCUT2D eigenvalue weighted by atomic mass is 10.1. The van der Waals surface area contributed by atoms with E-state index in [4.69, 9.17) is 10.9 Å². The number of Topliss-reactive ketones (excluding diaryl/α,β-unsaturated/α-hetero) is 1. The Bertz CT molecular complexity index is 180. The highest BCUT2D eigenvalue weighted by Crippen LogP contribution is 2.04. The van der Waals surface area contributed by atoms with Gasteiger partial charge in [0.1, 0.15) is 5.78 Å². The number of oxime groups is 1. The van der Waals surface area contributed by atoms with E-state index >= 15 is 0 Å². The Morgan fingerprint density at radius 2 is 2.09 bits per heavy atom. The molecular weight excluding hydrogens is 146 g/mol. The zero-order chi connectivity index (χ0) is 8.27. The monoisotopic (exact) mass is 157 g/mol. The summed E-state index contributed by atoms with van der Waals surface area (Å²) < 4.78 is 0. The van der Waals surface area contributed by atoms with Crippen molar-refractivity contribution in [3.8, 4) is 0 Å². The number of piperidine rings is 1. The van der Waals surface area contributed by atoms with E-state index in [2.05, 4.69) is 5.16 Å². The van der Waals surface area contributed by atoms with Gasteiger partial charge in [0.25, 0.3) is 0 Å². The Hall–Kier alpha value is -1.26. The molecule has 0 amide bonds. The Kier molecular flexibility index (Phi) is 2.30. The molecule has 1 aliphatic rings. The first-order valence-corrected chi connectivity index (χ1v) is 3.48. The third-order valence-corrected chi connectivity index (χ3v) is 1.75. The molecule has 0 saturated carbocycles. The van der Waals surface area contributed by atoms with Crippen LogP contribution in [0.4, 0.5) is 0 Å². The fraction of sp³-hybridized carbons (Fsp3) is 0.667. The van der Waals surface area contributed by atoms with Crippen LogP contribution < -0.4 is 5.73 Å². The molecular formula is C6H11N3O2. The fourth-order valence-electron chi connectivity index (χ4n) is 1.05. The van der Waals surface area contributed by atoms with Gasteiger partial charge in [0.2, 0.25) is 5.96 Å². The lowest BCUT2D eigenvalue weighted by Gasteiger charge is -2.25. The third kappa shape index (κ3) is 1.83. The van der Waals surface area contributed by atoms with Crippen LogP contribution in [0.25, 0.3) is 0 Å². The first kappa shape index (κ1) is 7.84. The SMILES string of the molecule is N/C(=N\O)N1CCC(=O)CC1. The van der Waals surface area contributed by atoms with E-state index in [-0.39, 0.29) is 11.7 Å². The summed E-state index contributed by atoms with van der Waals surface area (Å²) in [5, 5.41) is 11.1. The van der Waals surface area contributed by atoms with E-state index in [0.717, 1.165) is 0 Å². The fourth-order valence-corrected chi connectivity index (χ4v) is 1.05. The van der Waals surface area contributed by atoms with Crippen LogP contribution in [0, 0.1) is 0 Å². The largest absolute Gasteiger partial charge is 0.408 e. The maximum atomic E-state index is 10.7. The molecule has 0 aromatic carbocycles. The van der Waals surface area contributed by atoms with Crippen LogP contribution in [-0.4, -0.2) is 34.9 Å². The standard InChI is InChI=1S/C6H11N3O2/c7-6(8-11)9-3-1-5(10)2-4-9/h11H,1-4H2,(H2,7,8). The van der Waals surface area contributed by atoms with Gasteiger partial charge in [-0.1, -0.05) is 5.16 Å². The van der Waals surface area contributed by atoms with E-state index in [9.17, 15) is 4.79 Å². The Morgan fingerprint density at radius 1 is 1.55 bits per heavy atom. The van der Waals surface area contributed by atoms with Crippen LogP contribution in [0.5, 0.6) is 0 Å². The van der Waals surface area contributed by atoms with Gasteiger partial charge in [-0.3, -0.25) is 4.79 Å². The Labute approximate surface area is 64.5 Å². The molecule has 1 rings (SSSR count). The number of guanidine groups is 1. The van der Waals surface area contributed by atoms with E-state index < -0.39 is 0 Å². The average Bonchev–Trinajstić information content (AvgIpc) is 2.05. The summed E-state index contributed by atoms with van der Waals surface area (Å²) in [5.41, 5.74) is 5.31. The van der Waals surface area contributed by atoms with Gasteiger partial charge in [0.15, 0.2) is 0 Å². The summed E-state index contributed by atoms with van der Waals surface area (Å²) in [6.45, 7) is 1.13. The number of hydrogen-bond acceptors (Lipinski definition) is 3. The summed E-state index contributed by atoms with van der Waals surface area (Å²) in [5.74, 6) is 0.337. The predicted molar refractivity (Wildman–Crippen MR) is 39.2 cm³/mol. The first-order chi connectivity index (χ1) is 5.24. The second kappa shape index (κ2) is 3.23. The highest BCUT2D eigenvalue weighted by Gasteiger charge is 2.17. The molecule has 1 heterocycles. The third-order valence-electron chi connectivity index (χ3n) is 1.75. The second-order valence-electron chi connectivity index (χ2n) is 2.48. The van der Waals surface area contributed by atoms with Crippen LogP contribution in [0.2, 0.25) is 0 Å². The van der Waals surface area contributed by atoms with Crippen LogP contribution in [-0.2, 0) is 4.79 Å². The summed E-state index contributed by atoms with van der Waals surface area (Å²) >= 11 is 0. The molecule has 5 nitrogen and oxygen atoms in total. The Balaban J connectivity index is 2.45. The van der Waals surface area contributed by atoms with Crippen LogP contribution in [0.3, 0.4) is 0 Å². The predicted octanol–water partition coefficient (Wildman–Crippen LogP) is -0.645. The molecule has 0 aromatic heterocycles. The van der Waals surface area contributed by atoms with E-state index in [1.54, 1.807) is 4.90 Å². The van der Waals surface area contributed by atoms with Gasteiger partial charge in [-0.25, -0.2) is 0 Å². The van der Waals surface area contributed by atoms with Gasteiger partial charge >= 0.3 is 0 Å². The molecule has 0 bridgehead atoms. The summed E-state index contributed by atoms with van der Waals surface area (Å²) in [7, 11) is 0. The zero-order valence-corrected chi connectivity index (χ0v) is 6.16. The van der Waals surface area contributed by atoms with Crippen molar-refractivity contribution in [1.29, 1.82) is 0 Å². The Morgan fingerprint density at radius 3 is 2.55 bits per heavy atom. The number of carbonyl (C=O) groups is 1. The van der Waals surface area contributed by atoms with Gasteiger partial charge in [0, 0.05) is 25.9 Å². The molecule has 1 saturated heterocycles. The van der Waals surface area contributed by atoms with Crippen molar-refractivity contribution in [2.45, 2.75) is 12.8 Å². The smallest absolute Gasteiger partial charge is 0.233 e. The number of carbonyl (C=O) groups excluding carboxylic acids is 1. The lowest BCUT2D eigenvalue weighted by Crippen LogP contribution is -2.42. The van der Waals surface area contributed by atoms with Crippen molar-refractivity contribution in [3.63, 3.8) is 0 Å². The first-order valence-electron chi connectivity index (χ1n) is 3.48. The normalized spacial score (nSPS) is 20.5. The summed E-state index contributed by atoms with van der Waals surface area (Å²) in [6.07, 6.45) is 0.992. The van der Waals surface area contributed by atoms with Crippen LogP contribution >= 0.6 is 0 Å². The molecule has 0 aliphatic carbocycles. The van der Waals surface area contributed by atoms with Gasteiger partial charge in [-0.15, -0.1) is 0 Å². The minimum absolute atomic E-state index is 0.0949. The minimum Gasteiger partial charge on any atom is -0.408 e. The van der Waals surface area contributed by atoms with Crippen molar-refractivity contribution < 1.29 is 10.0 Å². The summed E-state index contributed by atoms with van der Waals surface area (Å²) in [4.78, 5) is 12.4. The average molecular weight is 157 g/mol. The minimum atomic E-state index is 0.0949. The highest BCUT2D eigenvalue weighted by molar-refractivity contribution is 5.83. The van der Waals surface area contributed by atoms with Crippen molar-refractivity contribution in [1.82, 2.24) is 4.90 Å². The van der Waals surface area contributed by atoms with Crippen LogP contribution in [0.15, 0.2) is 5.16 Å². The second-order valence-corrected chi connectivity index (χ2v) is 2.48. The van der Waals surface area contributed by atoms with Gasteiger partial charge in [-0.2, -0.15) is 0 Å². The van der Waals surface area contributed by atoms with Gasteiger partial charge in [0.05, 0.1) is 0 Å². The van der Waals surface area contributed by atoms with Crippen molar-refractivity contribution in [2.75, 3.05) is 13.1 Å². The van der Waals surface area contributed by atoms with E-state index in [1.165, 1.54) is 0 Å². The number of nitrogens with two attached hydrogens (primary N) is 1. The molecule has 1 aliphatic heterocycles. The molecule has 0 radical (unpaired) electrons. The maximum Gasteiger partial charge on any atom is 0.233 e. The van der Waals surface area contributed by atoms with Gasteiger partial charge in [-0.05, 0) is 0 Å². The molecule has 11 heavy (non-hydrogen) atoms. The number of likely N-dealkylation sites (tertiary alicyclic amines) is 1.